The van der Waals surface area contributed by atoms with Crippen LogP contribution in [-0.4, -0.2) is 46.8 Å². The number of ether oxygens (including phenoxy) is 3. The molecule has 2 N–H and O–H groups in total. The first-order valence-electron chi connectivity index (χ1n) is 9.21. The second kappa shape index (κ2) is 8.19. The first kappa shape index (κ1) is 20.0. The number of benzene rings is 2. The standard InChI is InChI=1S/C21H19N5O5/c1-29-14-9-13(10-15(30-2)18(14)31-3)20(28)22-16-11-17(27)23-21-24-19(25-26(16)21)12-7-5-4-6-8-12/h4-11H,1-3H3,(H,22,28)(H,23,24,25,27). The molecule has 0 radical (unpaired) electrons. The van der Waals surface area contributed by atoms with E-state index in [-0.39, 0.29) is 17.2 Å². The number of amides is 1. The molecule has 4 rings (SSSR count). The molecular formula is C21H19N5O5. The molecule has 0 aliphatic rings. The molecule has 0 atom stereocenters. The predicted octanol–water partition coefficient (Wildman–Crippen LogP) is 2.36. The summed E-state index contributed by atoms with van der Waals surface area (Å²) in [5, 5.41) is 7.11. The molecule has 0 aliphatic carbocycles. The molecule has 0 fully saturated rings. The maximum absolute atomic E-state index is 12.9. The van der Waals surface area contributed by atoms with Gasteiger partial charge in [-0.2, -0.15) is 9.50 Å². The van der Waals surface area contributed by atoms with E-state index in [2.05, 4.69) is 20.4 Å². The number of anilines is 1. The van der Waals surface area contributed by atoms with Crippen LogP contribution in [0.25, 0.3) is 17.2 Å². The zero-order valence-electron chi connectivity index (χ0n) is 17.0. The summed E-state index contributed by atoms with van der Waals surface area (Å²) < 4.78 is 17.2. The van der Waals surface area contributed by atoms with Gasteiger partial charge in [-0.1, -0.05) is 30.3 Å². The molecule has 158 valence electrons. The minimum Gasteiger partial charge on any atom is -0.493 e. The lowest BCUT2D eigenvalue weighted by Crippen LogP contribution is -2.19. The number of nitrogens with zero attached hydrogens (tertiary/aromatic N) is 3. The van der Waals surface area contributed by atoms with Gasteiger partial charge in [-0.25, -0.2) is 0 Å². The van der Waals surface area contributed by atoms with Crippen LogP contribution >= 0.6 is 0 Å². The second-order valence-electron chi connectivity index (χ2n) is 6.42. The van der Waals surface area contributed by atoms with Gasteiger partial charge < -0.3 is 19.5 Å². The summed E-state index contributed by atoms with van der Waals surface area (Å²) in [7, 11) is 4.39. The number of carbonyl (C=O) groups is 1. The minimum atomic E-state index is -0.497. The van der Waals surface area contributed by atoms with E-state index in [4.69, 9.17) is 14.2 Å². The largest absolute Gasteiger partial charge is 0.493 e. The van der Waals surface area contributed by atoms with E-state index < -0.39 is 11.5 Å². The SMILES string of the molecule is COc1cc(C(=O)Nc2cc(=O)[nH]c3nc(-c4ccccc4)nn23)cc(OC)c1OC. The Hall–Kier alpha value is -4.34. The van der Waals surface area contributed by atoms with E-state index in [1.165, 1.54) is 44.0 Å². The monoisotopic (exact) mass is 421 g/mol. The van der Waals surface area contributed by atoms with Crippen LogP contribution in [0.2, 0.25) is 0 Å². The first-order chi connectivity index (χ1) is 15.0. The van der Waals surface area contributed by atoms with E-state index in [0.717, 1.165) is 5.56 Å². The Labute approximate surface area is 176 Å². The van der Waals surface area contributed by atoms with Gasteiger partial charge in [0.1, 0.15) is 5.82 Å². The van der Waals surface area contributed by atoms with Crippen LogP contribution in [0, 0.1) is 0 Å². The number of aromatic amines is 1. The van der Waals surface area contributed by atoms with E-state index in [1.807, 2.05) is 30.3 Å². The zero-order valence-corrected chi connectivity index (χ0v) is 17.0. The fourth-order valence-electron chi connectivity index (χ4n) is 3.09. The quantitative estimate of drug-likeness (QED) is 0.490. The lowest BCUT2D eigenvalue weighted by atomic mass is 10.1. The van der Waals surface area contributed by atoms with Gasteiger partial charge in [-0.05, 0) is 12.1 Å². The Kier molecular flexibility index (Phi) is 5.27. The number of methoxy groups -OCH3 is 3. The fourth-order valence-corrected chi connectivity index (χ4v) is 3.09. The van der Waals surface area contributed by atoms with Gasteiger partial charge in [-0.3, -0.25) is 14.6 Å². The lowest BCUT2D eigenvalue weighted by Gasteiger charge is -2.14. The molecule has 31 heavy (non-hydrogen) atoms. The molecule has 10 heteroatoms. The van der Waals surface area contributed by atoms with Gasteiger partial charge in [0, 0.05) is 17.2 Å². The topological polar surface area (TPSA) is 120 Å². The summed E-state index contributed by atoms with van der Waals surface area (Å²) >= 11 is 0. The summed E-state index contributed by atoms with van der Waals surface area (Å²) in [6.07, 6.45) is 0. The number of nitrogens with one attached hydrogen (secondary N) is 2. The first-order valence-corrected chi connectivity index (χ1v) is 9.21. The van der Waals surface area contributed by atoms with Gasteiger partial charge in [0.15, 0.2) is 17.3 Å². The molecule has 0 aliphatic heterocycles. The third-order valence-corrected chi connectivity index (χ3v) is 4.54. The molecule has 2 aromatic carbocycles. The molecule has 10 nitrogen and oxygen atoms in total. The van der Waals surface area contributed by atoms with Crippen LogP contribution in [0.3, 0.4) is 0 Å². The maximum Gasteiger partial charge on any atom is 0.257 e. The number of hydrogen-bond acceptors (Lipinski definition) is 7. The second-order valence-corrected chi connectivity index (χ2v) is 6.42. The van der Waals surface area contributed by atoms with Crippen molar-refractivity contribution in [1.82, 2.24) is 19.6 Å². The van der Waals surface area contributed by atoms with Crippen molar-refractivity contribution < 1.29 is 19.0 Å². The number of carbonyl (C=O) groups excluding carboxylic acids is 1. The van der Waals surface area contributed by atoms with Crippen LogP contribution in [-0.2, 0) is 0 Å². The van der Waals surface area contributed by atoms with Crippen LogP contribution < -0.4 is 25.1 Å². The number of rotatable bonds is 6. The Morgan fingerprint density at radius 3 is 2.29 bits per heavy atom. The van der Waals surface area contributed by atoms with Crippen molar-refractivity contribution in [3.8, 4) is 28.6 Å². The van der Waals surface area contributed by atoms with Crippen LogP contribution in [0.15, 0.2) is 53.3 Å². The van der Waals surface area contributed by atoms with Gasteiger partial charge in [0.25, 0.3) is 11.5 Å². The fraction of sp³-hybridized carbons (Fsp3) is 0.143. The van der Waals surface area contributed by atoms with Crippen LogP contribution in [0.5, 0.6) is 17.2 Å². The molecule has 1 amide bonds. The molecule has 0 spiro atoms. The molecule has 0 saturated heterocycles. The van der Waals surface area contributed by atoms with Crippen molar-refractivity contribution in [2.24, 2.45) is 0 Å². The third-order valence-electron chi connectivity index (χ3n) is 4.54. The summed E-state index contributed by atoms with van der Waals surface area (Å²) in [6, 6.07) is 13.5. The van der Waals surface area contributed by atoms with Crippen molar-refractivity contribution in [2.45, 2.75) is 0 Å². The van der Waals surface area contributed by atoms with E-state index in [9.17, 15) is 9.59 Å². The maximum atomic E-state index is 12.9. The van der Waals surface area contributed by atoms with E-state index in [0.29, 0.717) is 23.1 Å². The van der Waals surface area contributed by atoms with Gasteiger partial charge in [0.05, 0.1) is 21.3 Å². The summed E-state index contributed by atoms with van der Waals surface area (Å²) in [4.78, 5) is 32.0. The van der Waals surface area contributed by atoms with Crippen LogP contribution in [0.4, 0.5) is 5.82 Å². The predicted molar refractivity (Wildman–Crippen MR) is 113 cm³/mol. The average molecular weight is 421 g/mol. The molecule has 2 heterocycles. The number of H-pyrrole nitrogens is 1. The molecule has 0 saturated carbocycles. The molecule has 0 unspecified atom stereocenters. The highest BCUT2D eigenvalue weighted by atomic mass is 16.5. The molecular weight excluding hydrogens is 402 g/mol. The van der Waals surface area contributed by atoms with Crippen LogP contribution in [0.1, 0.15) is 10.4 Å². The van der Waals surface area contributed by atoms with Gasteiger partial charge in [0.2, 0.25) is 11.5 Å². The third kappa shape index (κ3) is 3.78. The highest BCUT2D eigenvalue weighted by molar-refractivity contribution is 6.04. The molecule has 0 bridgehead atoms. The van der Waals surface area contributed by atoms with E-state index >= 15 is 0 Å². The van der Waals surface area contributed by atoms with Crippen molar-refractivity contribution >= 4 is 17.5 Å². The van der Waals surface area contributed by atoms with E-state index in [1.54, 1.807) is 0 Å². The number of fused-ring (bicyclic) bond motifs is 1. The average Bonchev–Trinajstić information content (AvgIpc) is 3.22. The Balaban J connectivity index is 1.74. The summed E-state index contributed by atoms with van der Waals surface area (Å²) in [6.45, 7) is 0. The normalized spacial score (nSPS) is 10.7. The number of hydrogen-bond donors (Lipinski definition) is 2. The van der Waals surface area contributed by atoms with Gasteiger partial charge in [-0.15, -0.1) is 5.10 Å². The summed E-state index contributed by atoms with van der Waals surface area (Å²) in [5.41, 5.74) is 0.583. The van der Waals surface area contributed by atoms with Crippen molar-refractivity contribution in [3.05, 3.63) is 64.4 Å². The molecule has 2 aromatic heterocycles. The van der Waals surface area contributed by atoms with Gasteiger partial charge >= 0.3 is 0 Å². The Bertz CT molecular complexity index is 1290. The summed E-state index contributed by atoms with van der Waals surface area (Å²) in [5.74, 6) is 1.29. The number of aromatic nitrogens is 4. The molecule has 4 aromatic rings. The van der Waals surface area contributed by atoms with Crippen molar-refractivity contribution in [1.29, 1.82) is 0 Å². The minimum absolute atomic E-state index is 0.159. The van der Waals surface area contributed by atoms with Crippen molar-refractivity contribution in [3.63, 3.8) is 0 Å². The Morgan fingerprint density at radius 2 is 1.68 bits per heavy atom. The zero-order chi connectivity index (χ0) is 22.0. The Morgan fingerprint density at radius 1 is 1.00 bits per heavy atom. The highest BCUT2D eigenvalue weighted by Crippen LogP contribution is 2.38. The highest BCUT2D eigenvalue weighted by Gasteiger charge is 2.19. The van der Waals surface area contributed by atoms with Crippen molar-refractivity contribution in [2.75, 3.05) is 26.6 Å². The lowest BCUT2D eigenvalue weighted by molar-refractivity contribution is 0.102. The smallest absolute Gasteiger partial charge is 0.257 e.